The third kappa shape index (κ3) is 5.17. The number of benzene rings is 2. The second kappa shape index (κ2) is 12.3. The molecule has 2 saturated carbocycles. The van der Waals surface area contributed by atoms with Crippen molar-refractivity contribution in [2.45, 2.75) is 76.7 Å². The van der Waals surface area contributed by atoms with Gasteiger partial charge in [0.25, 0.3) is 0 Å². The van der Waals surface area contributed by atoms with Gasteiger partial charge in [-0.3, -0.25) is 9.59 Å². The van der Waals surface area contributed by atoms with Gasteiger partial charge in [-0.15, -0.1) is 0 Å². The molecule has 1 N–H and O–H groups in total. The molecule has 254 valence electrons. The zero-order valence-electron chi connectivity index (χ0n) is 27.8. The van der Waals surface area contributed by atoms with Crippen molar-refractivity contribution >= 4 is 23.9 Å². The standard InChI is InChI=1S/C38H42O10/c1-21(2)27-17-18-28(46-33(42)25-13-9-7-10-14-25)37-20-44-36(6,31(27)37)35(47-34(43)26-15-11-8-12-16-26)38(48-24(5)40)19-22(3)30(45-23(4)39)29(38)32(37)41/h7-18,22,27-32,35,41H,1,19-20H2,2-6H3/t22-,27+,28+,29+,30-,31-,32+,35-,36+,37+,38+/m0/s1. The number of hydrogen-bond donors (Lipinski definition) is 1. The zero-order chi connectivity index (χ0) is 34.6. The summed E-state index contributed by atoms with van der Waals surface area (Å²) in [6.07, 6.45) is -1.01. The van der Waals surface area contributed by atoms with Crippen LogP contribution in [0.15, 0.2) is 85.0 Å². The Bertz CT molecular complexity index is 1640. The average Bonchev–Trinajstić information content (AvgIpc) is 3.50. The first-order valence-corrected chi connectivity index (χ1v) is 16.3. The lowest BCUT2D eigenvalue weighted by atomic mass is 9.55. The van der Waals surface area contributed by atoms with Gasteiger partial charge in [0.1, 0.15) is 17.8 Å². The summed E-state index contributed by atoms with van der Waals surface area (Å²) in [6, 6.07) is 16.9. The summed E-state index contributed by atoms with van der Waals surface area (Å²) >= 11 is 0. The van der Waals surface area contributed by atoms with Crippen molar-refractivity contribution in [2.75, 3.05) is 6.61 Å². The van der Waals surface area contributed by atoms with Gasteiger partial charge in [0, 0.05) is 25.7 Å². The van der Waals surface area contributed by atoms with E-state index in [0.29, 0.717) is 5.56 Å². The van der Waals surface area contributed by atoms with E-state index in [1.165, 1.54) is 13.8 Å². The first-order valence-electron chi connectivity index (χ1n) is 16.3. The van der Waals surface area contributed by atoms with E-state index in [0.717, 1.165) is 5.57 Å². The second-order valence-electron chi connectivity index (χ2n) is 13.9. The summed E-state index contributed by atoms with van der Waals surface area (Å²) in [4.78, 5) is 53.2. The summed E-state index contributed by atoms with van der Waals surface area (Å²) in [5.74, 6) is -5.22. The number of ether oxygens (including phenoxy) is 5. The number of aliphatic hydroxyl groups is 1. The minimum Gasteiger partial charge on any atom is -0.462 e. The molecule has 2 aromatic rings. The largest absolute Gasteiger partial charge is 0.462 e. The Morgan fingerprint density at radius 3 is 1.98 bits per heavy atom. The predicted molar refractivity (Wildman–Crippen MR) is 172 cm³/mol. The van der Waals surface area contributed by atoms with E-state index in [1.807, 2.05) is 19.9 Å². The number of esters is 4. The molecule has 0 radical (unpaired) electrons. The van der Waals surface area contributed by atoms with Crippen LogP contribution >= 0.6 is 0 Å². The van der Waals surface area contributed by atoms with Crippen LogP contribution in [-0.4, -0.2) is 71.2 Å². The highest BCUT2D eigenvalue weighted by atomic mass is 16.6. The van der Waals surface area contributed by atoms with Gasteiger partial charge in [0.2, 0.25) is 0 Å². The van der Waals surface area contributed by atoms with E-state index >= 15 is 0 Å². The monoisotopic (exact) mass is 658 g/mol. The Morgan fingerprint density at radius 2 is 1.44 bits per heavy atom. The lowest BCUT2D eigenvalue weighted by Crippen LogP contribution is -2.64. The molecule has 0 aromatic heterocycles. The molecule has 0 spiro atoms. The lowest BCUT2D eigenvalue weighted by Gasteiger charge is -2.50. The molecule has 11 atom stereocenters. The molecule has 4 aliphatic rings. The quantitative estimate of drug-likeness (QED) is 0.250. The van der Waals surface area contributed by atoms with Crippen LogP contribution in [-0.2, 0) is 33.3 Å². The van der Waals surface area contributed by atoms with Crippen molar-refractivity contribution < 1.29 is 48.0 Å². The molecule has 1 saturated heterocycles. The SMILES string of the molecule is C=C(C)[C@H]1C=C[C@@H](OC(=O)c2ccccc2)[C@@]23CO[C@@](C)([C@H](OC(=O)c4ccccc4)[C@@]4(OC(C)=O)C[C@H](C)[C@H](OC(C)=O)[C@@H]4[C@H]2O)[C@H]13. The van der Waals surface area contributed by atoms with Gasteiger partial charge in [-0.1, -0.05) is 61.5 Å². The number of aliphatic hydroxyl groups excluding tert-OH is 1. The summed E-state index contributed by atoms with van der Waals surface area (Å²) in [5.41, 5.74) is -3.17. The lowest BCUT2D eigenvalue weighted by molar-refractivity contribution is -0.234. The van der Waals surface area contributed by atoms with Crippen molar-refractivity contribution in [1.82, 2.24) is 0 Å². The van der Waals surface area contributed by atoms with Crippen molar-refractivity contribution in [3.8, 4) is 0 Å². The van der Waals surface area contributed by atoms with Crippen LogP contribution in [0.5, 0.6) is 0 Å². The predicted octanol–water partition coefficient (Wildman–Crippen LogP) is 4.86. The van der Waals surface area contributed by atoms with Gasteiger partial charge >= 0.3 is 23.9 Å². The topological polar surface area (TPSA) is 135 Å². The van der Waals surface area contributed by atoms with Gasteiger partial charge in [0.15, 0.2) is 11.7 Å². The van der Waals surface area contributed by atoms with Gasteiger partial charge in [-0.2, -0.15) is 0 Å². The number of rotatable bonds is 7. The van der Waals surface area contributed by atoms with Crippen LogP contribution in [0.1, 0.15) is 61.8 Å². The van der Waals surface area contributed by atoms with Gasteiger partial charge in [0.05, 0.1) is 35.2 Å². The highest BCUT2D eigenvalue weighted by Gasteiger charge is 2.81. The minimum absolute atomic E-state index is 0.0837. The Hall–Kier alpha value is -4.28. The normalized spacial score (nSPS) is 37.7. The van der Waals surface area contributed by atoms with E-state index in [2.05, 4.69) is 6.58 Å². The fourth-order valence-corrected chi connectivity index (χ4v) is 9.20. The summed E-state index contributed by atoms with van der Waals surface area (Å²) in [6.45, 7) is 12.2. The van der Waals surface area contributed by atoms with Crippen molar-refractivity contribution in [2.24, 2.45) is 29.1 Å². The molecule has 2 aromatic carbocycles. The van der Waals surface area contributed by atoms with E-state index < -0.39 is 88.6 Å². The Labute approximate surface area is 280 Å². The molecule has 10 nitrogen and oxygen atoms in total. The number of carbonyl (C=O) groups excluding carboxylic acids is 4. The number of hydrogen-bond acceptors (Lipinski definition) is 10. The average molecular weight is 659 g/mol. The van der Waals surface area contributed by atoms with Crippen molar-refractivity contribution in [3.63, 3.8) is 0 Å². The smallest absolute Gasteiger partial charge is 0.338 e. The first kappa shape index (κ1) is 33.6. The molecular formula is C38H42O10. The Kier molecular flexibility index (Phi) is 8.62. The first-order chi connectivity index (χ1) is 22.8. The number of carbonyl (C=O) groups is 4. The molecule has 3 aliphatic carbocycles. The fraction of sp³-hybridized carbons (Fsp3) is 0.474. The van der Waals surface area contributed by atoms with Crippen LogP contribution in [0.25, 0.3) is 0 Å². The van der Waals surface area contributed by atoms with Crippen molar-refractivity contribution in [3.05, 3.63) is 96.1 Å². The molecule has 6 rings (SSSR count). The van der Waals surface area contributed by atoms with E-state index in [4.69, 9.17) is 23.7 Å². The Morgan fingerprint density at radius 1 is 0.854 bits per heavy atom. The second-order valence-corrected chi connectivity index (χ2v) is 13.9. The highest BCUT2D eigenvalue weighted by Crippen LogP contribution is 2.68. The van der Waals surface area contributed by atoms with E-state index in [-0.39, 0.29) is 18.6 Å². The third-order valence-corrected chi connectivity index (χ3v) is 10.9. The van der Waals surface area contributed by atoms with Crippen LogP contribution in [0, 0.1) is 29.1 Å². The number of allylic oxidation sites excluding steroid dienone is 2. The molecule has 1 heterocycles. The molecular weight excluding hydrogens is 616 g/mol. The van der Waals surface area contributed by atoms with Crippen molar-refractivity contribution in [1.29, 1.82) is 0 Å². The zero-order valence-corrected chi connectivity index (χ0v) is 27.8. The molecule has 0 unspecified atom stereocenters. The minimum atomic E-state index is -1.71. The third-order valence-electron chi connectivity index (χ3n) is 10.9. The summed E-state index contributed by atoms with van der Waals surface area (Å²) < 4.78 is 31.7. The van der Waals surface area contributed by atoms with Gasteiger partial charge in [-0.25, -0.2) is 9.59 Å². The maximum atomic E-state index is 14.0. The fourth-order valence-electron chi connectivity index (χ4n) is 9.20. The summed E-state index contributed by atoms with van der Waals surface area (Å²) in [7, 11) is 0. The highest BCUT2D eigenvalue weighted by molar-refractivity contribution is 5.90. The van der Waals surface area contributed by atoms with E-state index in [9.17, 15) is 24.3 Å². The molecule has 2 bridgehead atoms. The Balaban J connectivity index is 1.59. The molecule has 0 amide bonds. The van der Waals surface area contributed by atoms with Crippen LogP contribution in [0.2, 0.25) is 0 Å². The molecule has 48 heavy (non-hydrogen) atoms. The maximum Gasteiger partial charge on any atom is 0.338 e. The molecule has 1 aliphatic heterocycles. The molecule has 3 fully saturated rings. The van der Waals surface area contributed by atoms with Gasteiger partial charge in [-0.05, 0) is 56.5 Å². The maximum absolute atomic E-state index is 14.0. The van der Waals surface area contributed by atoms with Crippen LogP contribution < -0.4 is 0 Å². The van der Waals surface area contributed by atoms with Gasteiger partial charge < -0.3 is 28.8 Å². The van der Waals surface area contributed by atoms with Crippen LogP contribution in [0.3, 0.4) is 0 Å². The molecule has 10 heteroatoms. The summed E-state index contributed by atoms with van der Waals surface area (Å²) in [5, 5.41) is 13.0. The number of fused-ring (bicyclic) bond motifs is 1. The van der Waals surface area contributed by atoms with Crippen LogP contribution in [0.4, 0.5) is 0 Å². The van der Waals surface area contributed by atoms with E-state index in [1.54, 1.807) is 73.7 Å².